The number of carbonyl (C=O) groups is 1. The molecule has 4 heteroatoms. The molecule has 0 fully saturated rings. The molecule has 0 atom stereocenters. The third-order valence-corrected chi connectivity index (χ3v) is 2.34. The van der Waals surface area contributed by atoms with E-state index in [4.69, 9.17) is 4.74 Å². The molecule has 1 aromatic carbocycles. The van der Waals surface area contributed by atoms with Gasteiger partial charge in [0.05, 0.1) is 5.69 Å². The lowest BCUT2D eigenvalue weighted by Crippen LogP contribution is -2.20. The zero-order valence-corrected chi connectivity index (χ0v) is 8.29. The van der Waals surface area contributed by atoms with Gasteiger partial charge in [-0.2, -0.15) is 0 Å². The molecule has 0 saturated carbocycles. The number of hydrogen-bond donors (Lipinski definition) is 1. The first kappa shape index (κ1) is 7.85. The highest BCUT2D eigenvalue weighted by atomic mass is 127. The fourth-order valence-corrected chi connectivity index (χ4v) is 1.57. The van der Waals surface area contributed by atoms with Gasteiger partial charge in [0, 0.05) is 9.13 Å². The van der Waals surface area contributed by atoms with E-state index >= 15 is 0 Å². The summed E-state index contributed by atoms with van der Waals surface area (Å²) in [5, 5.41) is 2.63. The fraction of sp³-hybridized carbons (Fsp3) is 0.125. The molecule has 0 unspecified atom stereocenters. The summed E-state index contributed by atoms with van der Waals surface area (Å²) in [6.07, 6.45) is -0.371. The van der Waals surface area contributed by atoms with E-state index in [0.29, 0.717) is 6.61 Å². The van der Waals surface area contributed by atoms with Gasteiger partial charge >= 0.3 is 6.09 Å². The molecule has 0 radical (unpaired) electrons. The maximum atomic E-state index is 10.8. The van der Waals surface area contributed by atoms with Gasteiger partial charge in [-0.25, -0.2) is 4.79 Å². The topological polar surface area (TPSA) is 38.3 Å². The first-order chi connectivity index (χ1) is 5.75. The Bertz CT molecular complexity index is 338. The highest BCUT2D eigenvalue weighted by Gasteiger charge is 2.14. The Kier molecular flexibility index (Phi) is 1.92. The molecule has 0 aromatic heterocycles. The quantitative estimate of drug-likeness (QED) is 0.738. The van der Waals surface area contributed by atoms with Crippen LogP contribution in [0.3, 0.4) is 0 Å². The summed E-state index contributed by atoms with van der Waals surface area (Å²) in [5.41, 5.74) is 1.88. The van der Waals surface area contributed by atoms with Gasteiger partial charge in [-0.15, -0.1) is 0 Å². The third-order valence-electron chi connectivity index (χ3n) is 1.67. The van der Waals surface area contributed by atoms with Crippen LogP contribution < -0.4 is 5.32 Å². The molecule has 1 aliphatic heterocycles. The molecule has 0 saturated heterocycles. The Labute approximate surface area is 83.2 Å². The van der Waals surface area contributed by atoms with Crippen molar-refractivity contribution in [3.8, 4) is 0 Å². The summed E-state index contributed by atoms with van der Waals surface area (Å²) in [6, 6.07) is 5.87. The van der Waals surface area contributed by atoms with Crippen LogP contribution in [0.4, 0.5) is 10.5 Å². The molecule has 1 N–H and O–H groups in total. The SMILES string of the molecule is O=C1Nc2cc(I)ccc2CO1. The monoisotopic (exact) mass is 275 g/mol. The normalized spacial score (nSPS) is 14.6. The van der Waals surface area contributed by atoms with Crippen molar-refractivity contribution in [2.45, 2.75) is 6.61 Å². The minimum absolute atomic E-state index is 0.371. The number of hydrogen-bond acceptors (Lipinski definition) is 2. The van der Waals surface area contributed by atoms with E-state index in [-0.39, 0.29) is 6.09 Å². The fourth-order valence-electron chi connectivity index (χ4n) is 1.08. The number of fused-ring (bicyclic) bond motifs is 1. The molecule has 12 heavy (non-hydrogen) atoms. The summed E-state index contributed by atoms with van der Waals surface area (Å²) in [7, 11) is 0. The number of halogens is 1. The molecule has 1 aliphatic rings. The van der Waals surface area contributed by atoms with Gasteiger partial charge in [0.2, 0.25) is 0 Å². The Balaban J connectivity index is 2.44. The van der Waals surface area contributed by atoms with Gasteiger partial charge in [0.1, 0.15) is 6.61 Å². The van der Waals surface area contributed by atoms with Crippen molar-refractivity contribution in [2.24, 2.45) is 0 Å². The van der Waals surface area contributed by atoms with Gasteiger partial charge in [-0.05, 0) is 34.7 Å². The molecule has 62 valence electrons. The number of benzene rings is 1. The van der Waals surface area contributed by atoms with Gasteiger partial charge in [0.25, 0.3) is 0 Å². The van der Waals surface area contributed by atoms with Crippen molar-refractivity contribution in [3.05, 3.63) is 27.3 Å². The third kappa shape index (κ3) is 1.38. The highest BCUT2D eigenvalue weighted by molar-refractivity contribution is 14.1. The van der Waals surface area contributed by atoms with Gasteiger partial charge in [-0.1, -0.05) is 6.07 Å². The predicted octanol–water partition coefficient (Wildman–Crippen LogP) is 2.35. The molecule has 0 aliphatic carbocycles. The largest absolute Gasteiger partial charge is 0.444 e. The lowest BCUT2D eigenvalue weighted by atomic mass is 10.2. The van der Waals surface area contributed by atoms with E-state index in [9.17, 15) is 4.79 Å². The van der Waals surface area contributed by atoms with Crippen molar-refractivity contribution in [3.63, 3.8) is 0 Å². The predicted molar refractivity (Wildman–Crippen MR) is 53.0 cm³/mol. The van der Waals surface area contributed by atoms with E-state index < -0.39 is 0 Å². The molecule has 0 spiro atoms. The van der Waals surface area contributed by atoms with Gasteiger partial charge in [0.15, 0.2) is 0 Å². The Hall–Kier alpha value is -0.780. The van der Waals surface area contributed by atoms with E-state index in [0.717, 1.165) is 14.8 Å². The van der Waals surface area contributed by atoms with E-state index in [1.54, 1.807) is 0 Å². The second kappa shape index (κ2) is 2.93. The van der Waals surface area contributed by atoms with Gasteiger partial charge < -0.3 is 4.74 Å². The van der Waals surface area contributed by atoms with Crippen LogP contribution in [0.25, 0.3) is 0 Å². The standard InChI is InChI=1S/C8H6INO2/c9-6-2-1-5-4-12-8(11)10-7(5)3-6/h1-3H,4H2,(H,10,11). The Morgan fingerprint density at radius 2 is 2.33 bits per heavy atom. The number of nitrogens with one attached hydrogen (secondary N) is 1. The zero-order chi connectivity index (χ0) is 8.55. The van der Waals surface area contributed by atoms with Crippen LogP contribution in [0.2, 0.25) is 0 Å². The number of anilines is 1. The van der Waals surface area contributed by atoms with Crippen molar-refractivity contribution < 1.29 is 9.53 Å². The van der Waals surface area contributed by atoms with Crippen molar-refractivity contribution in [2.75, 3.05) is 5.32 Å². The molecule has 1 amide bonds. The first-order valence-corrected chi connectivity index (χ1v) is 4.56. The van der Waals surface area contributed by atoms with Crippen LogP contribution in [-0.2, 0) is 11.3 Å². The average Bonchev–Trinajstić information content (AvgIpc) is 2.03. The number of ether oxygens (including phenoxy) is 1. The van der Waals surface area contributed by atoms with Crippen LogP contribution in [-0.4, -0.2) is 6.09 Å². The maximum absolute atomic E-state index is 10.8. The average molecular weight is 275 g/mol. The second-order valence-corrected chi connectivity index (χ2v) is 3.75. The number of amides is 1. The van der Waals surface area contributed by atoms with E-state index in [1.807, 2.05) is 18.2 Å². The minimum Gasteiger partial charge on any atom is -0.444 e. The summed E-state index contributed by atoms with van der Waals surface area (Å²) >= 11 is 2.20. The molecular formula is C8H6INO2. The van der Waals surface area contributed by atoms with Crippen LogP contribution in [0.5, 0.6) is 0 Å². The van der Waals surface area contributed by atoms with Crippen LogP contribution >= 0.6 is 22.6 Å². The first-order valence-electron chi connectivity index (χ1n) is 3.48. The van der Waals surface area contributed by atoms with Crippen molar-refractivity contribution in [1.29, 1.82) is 0 Å². The van der Waals surface area contributed by atoms with Crippen LogP contribution in [0.15, 0.2) is 18.2 Å². The summed E-state index contributed by atoms with van der Waals surface area (Å²) in [6.45, 7) is 0.373. The summed E-state index contributed by atoms with van der Waals surface area (Å²) in [5.74, 6) is 0. The lowest BCUT2D eigenvalue weighted by Gasteiger charge is -2.16. The lowest BCUT2D eigenvalue weighted by molar-refractivity contribution is 0.151. The summed E-state index contributed by atoms with van der Waals surface area (Å²) in [4.78, 5) is 10.8. The molecule has 0 bridgehead atoms. The maximum Gasteiger partial charge on any atom is 0.411 e. The van der Waals surface area contributed by atoms with Crippen molar-refractivity contribution >= 4 is 34.4 Å². The molecule has 3 nitrogen and oxygen atoms in total. The smallest absolute Gasteiger partial charge is 0.411 e. The summed E-state index contributed by atoms with van der Waals surface area (Å²) < 4.78 is 5.90. The Morgan fingerprint density at radius 3 is 3.17 bits per heavy atom. The number of carbonyl (C=O) groups excluding carboxylic acids is 1. The highest BCUT2D eigenvalue weighted by Crippen LogP contribution is 2.23. The van der Waals surface area contributed by atoms with Gasteiger partial charge in [-0.3, -0.25) is 5.32 Å². The van der Waals surface area contributed by atoms with Crippen molar-refractivity contribution in [1.82, 2.24) is 0 Å². The molecular weight excluding hydrogens is 269 g/mol. The second-order valence-electron chi connectivity index (χ2n) is 2.50. The van der Waals surface area contributed by atoms with E-state index in [2.05, 4.69) is 27.9 Å². The number of cyclic esters (lactones) is 1. The van der Waals surface area contributed by atoms with Crippen LogP contribution in [0.1, 0.15) is 5.56 Å². The zero-order valence-electron chi connectivity index (χ0n) is 6.13. The molecule has 1 heterocycles. The number of rotatable bonds is 0. The molecule has 2 rings (SSSR count). The van der Waals surface area contributed by atoms with E-state index in [1.165, 1.54) is 0 Å². The minimum atomic E-state index is -0.371. The molecule has 1 aromatic rings. The Morgan fingerprint density at radius 1 is 1.50 bits per heavy atom. The van der Waals surface area contributed by atoms with Crippen LogP contribution in [0, 0.1) is 3.57 Å².